The van der Waals surface area contributed by atoms with Gasteiger partial charge in [-0.25, -0.2) is 9.18 Å². The van der Waals surface area contributed by atoms with E-state index in [0.29, 0.717) is 6.54 Å². The SMILES string of the molecule is CCCNC(=O)Nc1cc(C)ccc1F. The number of carbonyl (C=O) groups is 1. The lowest BCUT2D eigenvalue weighted by Gasteiger charge is -2.08. The van der Waals surface area contributed by atoms with E-state index in [1.54, 1.807) is 12.1 Å². The standard InChI is InChI=1S/C11H15FN2O/c1-3-6-13-11(15)14-10-7-8(2)4-5-9(10)12/h4-5,7H,3,6H2,1-2H3,(H2,13,14,15). The Balaban J connectivity index is 2.63. The Morgan fingerprint density at radius 2 is 2.20 bits per heavy atom. The van der Waals surface area contributed by atoms with Gasteiger partial charge in [0.05, 0.1) is 5.69 Å². The first kappa shape index (κ1) is 11.5. The maximum atomic E-state index is 13.2. The van der Waals surface area contributed by atoms with Crippen molar-refractivity contribution in [1.29, 1.82) is 0 Å². The number of rotatable bonds is 3. The van der Waals surface area contributed by atoms with E-state index in [0.717, 1.165) is 12.0 Å². The summed E-state index contributed by atoms with van der Waals surface area (Å²) >= 11 is 0. The average molecular weight is 210 g/mol. The molecule has 1 aromatic carbocycles. The van der Waals surface area contributed by atoms with Crippen LogP contribution in [-0.2, 0) is 0 Å². The molecule has 2 amide bonds. The average Bonchev–Trinajstić information content (AvgIpc) is 2.20. The van der Waals surface area contributed by atoms with E-state index in [4.69, 9.17) is 0 Å². The number of urea groups is 1. The summed E-state index contributed by atoms with van der Waals surface area (Å²) < 4.78 is 13.2. The van der Waals surface area contributed by atoms with E-state index in [1.165, 1.54) is 6.07 Å². The van der Waals surface area contributed by atoms with E-state index in [1.807, 2.05) is 13.8 Å². The van der Waals surface area contributed by atoms with E-state index in [-0.39, 0.29) is 11.7 Å². The summed E-state index contributed by atoms with van der Waals surface area (Å²) in [5.41, 5.74) is 1.12. The van der Waals surface area contributed by atoms with Gasteiger partial charge in [-0.2, -0.15) is 0 Å². The molecule has 15 heavy (non-hydrogen) atoms. The van der Waals surface area contributed by atoms with Crippen LogP contribution < -0.4 is 10.6 Å². The highest BCUT2D eigenvalue weighted by atomic mass is 19.1. The summed E-state index contributed by atoms with van der Waals surface area (Å²) in [6, 6.07) is 4.22. The van der Waals surface area contributed by atoms with Crippen molar-refractivity contribution in [2.75, 3.05) is 11.9 Å². The molecular formula is C11H15FN2O. The molecule has 0 radical (unpaired) electrons. The van der Waals surface area contributed by atoms with Crippen molar-refractivity contribution >= 4 is 11.7 Å². The third kappa shape index (κ3) is 3.58. The van der Waals surface area contributed by atoms with Crippen LogP contribution >= 0.6 is 0 Å². The Labute approximate surface area is 88.7 Å². The summed E-state index contributed by atoms with van der Waals surface area (Å²) in [5, 5.41) is 5.07. The van der Waals surface area contributed by atoms with Gasteiger partial charge in [0.15, 0.2) is 0 Å². The first-order valence-corrected chi connectivity index (χ1v) is 4.94. The second kappa shape index (κ2) is 5.34. The quantitative estimate of drug-likeness (QED) is 0.791. The van der Waals surface area contributed by atoms with E-state index in [2.05, 4.69) is 10.6 Å². The molecule has 0 fully saturated rings. The summed E-state index contributed by atoms with van der Waals surface area (Å²) in [6.07, 6.45) is 0.851. The van der Waals surface area contributed by atoms with Gasteiger partial charge in [0.2, 0.25) is 0 Å². The zero-order valence-electron chi connectivity index (χ0n) is 8.93. The van der Waals surface area contributed by atoms with Crippen LogP contribution in [0.25, 0.3) is 0 Å². The topological polar surface area (TPSA) is 41.1 Å². The smallest absolute Gasteiger partial charge is 0.319 e. The zero-order chi connectivity index (χ0) is 11.3. The Bertz CT molecular complexity index is 352. The maximum Gasteiger partial charge on any atom is 0.319 e. The van der Waals surface area contributed by atoms with Gasteiger partial charge in [0.25, 0.3) is 0 Å². The van der Waals surface area contributed by atoms with E-state index >= 15 is 0 Å². The molecule has 0 aliphatic heterocycles. The van der Waals surface area contributed by atoms with Crippen LogP contribution in [0.3, 0.4) is 0 Å². The minimum Gasteiger partial charge on any atom is -0.338 e. The van der Waals surface area contributed by atoms with Crippen LogP contribution in [0.5, 0.6) is 0 Å². The molecule has 4 heteroatoms. The molecule has 0 bridgehead atoms. The lowest BCUT2D eigenvalue weighted by molar-refractivity contribution is 0.252. The van der Waals surface area contributed by atoms with Gasteiger partial charge in [-0.1, -0.05) is 13.0 Å². The second-order valence-electron chi connectivity index (χ2n) is 3.36. The third-order valence-electron chi connectivity index (χ3n) is 1.91. The number of amides is 2. The first-order valence-electron chi connectivity index (χ1n) is 4.94. The van der Waals surface area contributed by atoms with Crippen molar-refractivity contribution < 1.29 is 9.18 Å². The number of benzene rings is 1. The number of aryl methyl sites for hydroxylation is 1. The molecule has 0 aliphatic rings. The van der Waals surface area contributed by atoms with Crippen LogP contribution in [0, 0.1) is 12.7 Å². The number of carbonyl (C=O) groups excluding carboxylic acids is 1. The third-order valence-corrected chi connectivity index (χ3v) is 1.91. The lowest BCUT2D eigenvalue weighted by Crippen LogP contribution is -2.29. The van der Waals surface area contributed by atoms with Crippen LogP contribution in [0.1, 0.15) is 18.9 Å². The summed E-state index contributed by atoms with van der Waals surface area (Å²) in [6.45, 7) is 4.38. The Morgan fingerprint density at radius 3 is 2.87 bits per heavy atom. The van der Waals surface area contributed by atoms with Crippen molar-refractivity contribution in [2.24, 2.45) is 0 Å². The second-order valence-corrected chi connectivity index (χ2v) is 3.36. The predicted octanol–water partition coefficient (Wildman–Crippen LogP) is 2.67. The summed E-state index contributed by atoms with van der Waals surface area (Å²) in [4.78, 5) is 11.2. The van der Waals surface area contributed by atoms with Crippen LogP contribution in [0.4, 0.5) is 14.9 Å². The fourth-order valence-electron chi connectivity index (χ4n) is 1.14. The van der Waals surface area contributed by atoms with Gasteiger partial charge in [0, 0.05) is 6.54 Å². The van der Waals surface area contributed by atoms with Gasteiger partial charge in [-0.05, 0) is 31.0 Å². The number of hydrogen-bond acceptors (Lipinski definition) is 1. The Kier molecular flexibility index (Phi) is 4.09. The Hall–Kier alpha value is -1.58. The minimum absolute atomic E-state index is 0.212. The highest BCUT2D eigenvalue weighted by Gasteiger charge is 2.05. The zero-order valence-corrected chi connectivity index (χ0v) is 8.93. The van der Waals surface area contributed by atoms with Crippen molar-refractivity contribution in [3.8, 4) is 0 Å². The normalized spacial score (nSPS) is 9.80. The monoisotopic (exact) mass is 210 g/mol. The molecule has 0 atom stereocenters. The first-order chi connectivity index (χ1) is 7.13. The summed E-state index contributed by atoms with van der Waals surface area (Å²) in [7, 11) is 0. The van der Waals surface area contributed by atoms with Gasteiger partial charge >= 0.3 is 6.03 Å². The van der Waals surface area contributed by atoms with Crippen molar-refractivity contribution in [2.45, 2.75) is 20.3 Å². The molecule has 3 nitrogen and oxygen atoms in total. The molecule has 1 rings (SSSR count). The highest BCUT2D eigenvalue weighted by Crippen LogP contribution is 2.15. The fourth-order valence-corrected chi connectivity index (χ4v) is 1.14. The molecule has 0 aliphatic carbocycles. The minimum atomic E-state index is -0.424. The van der Waals surface area contributed by atoms with Gasteiger partial charge < -0.3 is 10.6 Å². The summed E-state index contributed by atoms with van der Waals surface area (Å²) in [5.74, 6) is -0.424. The van der Waals surface area contributed by atoms with Gasteiger partial charge in [0.1, 0.15) is 5.82 Å². The van der Waals surface area contributed by atoms with Gasteiger partial charge in [-0.3, -0.25) is 0 Å². The molecule has 0 saturated carbocycles. The lowest BCUT2D eigenvalue weighted by atomic mass is 10.2. The number of anilines is 1. The molecule has 0 spiro atoms. The van der Waals surface area contributed by atoms with Crippen molar-refractivity contribution in [3.63, 3.8) is 0 Å². The largest absolute Gasteiger partial charge is 0.338 e. The Morgan fingerprint density at radius 1 is 1.47 bits per heavy atom. The molecule has 1 aromatic rings. The maximum absolute atomic E-state index is 13.2. The predicted molar refractivity (Wildman–Crippen MR) is 58.4 cm³/mol. The van der Waals surface area contributed by atoms with Gasteiger partial charge in [-0.15, -0.1) is 0 Å². The van der Waals surface area contributed by atoms with Crippen LogP contribution in [0.15, 0.2) is 18.2 Å². The van der Waals surface area contributed by atoms with Crippen LogP contribution in [0.2, 0.25) is 0 Å². The van der Waals surface area contributed by atoms with E-state index in [9.17, 15) is 9.18 Å². The molecular weight excluding hydrogens is 195 g/mol. The van der Waals surface area contributed by atoms with E-state index < -0.39 is 5.82 Å². The molecule has 0 saturated heterocycles. The molecule has 82 valence electrons. The molecule has 0 unspecified atom stereocenters. The van der Waals surface area contributed by atoms with Crippen molar-refractivity contribution in [3.05, 3.63) is 29.6 Å². The van der Waals surface area contributed by atoms with Crippen molar-refractivity contribution in [1.82, 2.24) is 5.32 Å². The number of hydrogen-bond donors (Lipinski definition) is 2. The van der Waals surface area contributed by atoms with Crippen LogP contribution in [-0.4, -0.2) is 12.6 Å². The molecule has 2 N–H and O–H groups in total. The number of halogens is 1. The highest BCUT2D eigenvalue weighted by molar-refractivity contribution is 5.89. The number of nitrogens with one attached hydrogen (secondary N) is 2. The molecule has 0 aromatic heterocycles. The molecule has 0 heterocycles. The fraction of sp³-hybridized carbons (Fsp3) is 0.364.